The number of benzene rings is 1. The van der Waals surface area contributed by atoms with Gasteiger partial charge >= 0.3 is 5.97 Å². The van der Waals surface area contributed by atoms with E-state index in [9.17, 15) is 4.79 Å². The molecular weight excluding hydrogens is 251 g/mol. The second-order valence-electron chi connectivity index (χ2n) is 3.16. The van der Waals surface area contributed by atoms with Crippen LogP contribution in [0.2, 0.25) is 5.02 Å². The molecule has 0 amide bonds. The zero-order valence-corrected chi connectivity index (χ0v) is 12.3. The number of rotatable bonds is 2. The Kier molecular flexibility index (Phi) is 5.21. The van der Waals surface area contributed by atoms with Crippen LogP contribution in [0.5, 0.6) is 5.75 Å². The number of hydrogen-bond acceptors (Lipinski definition) is 3. The van der Waals surface area contributed by atoms with Gasteiger partial charge in [-0.1, -0.05) is 23.7 Å². The maximum absolute atomic E-state index is 10.9. The summed E-state index contributed by atoms with van der Waals surface area (Å²) in [6.45, 7) is 1.35. The van der Waals surface area contributed by atoms with E-state index in [4.69, 9.17) is 16.3 Å². The number of carbonyl (C=O) groups excluding carboxylic acids is 1. The fourth-order valence-electron chi connectivity index (χ4n) is 1.32. The minimum absolute atomic E-state index is 0. The van der Waals surface area contributed by atoms with Crippen LogP contribution in [0.25, 0.3) is 5.69 Å². The van der Waals surface area contributed by atoms with Gasteiger partial charge in [-0.25, -0.2) is 4.68 Å². The first-order valence-corrected chi connectivity index (χ1v) is 5.02. The normalized spacial score (nSPS) is 9.53. The third-order valence-electron chi connectivity index (χ3n) is 1.92. The van der Waals surface area contributed by atoms with Crippen LogP contribution >= 0.6 is 11.6 Å². The van der Waals surface area contributed by atoms with Crippen molar-refractivity contribution in [3.05, 3.63) is 41.7 Å². The molecular formula is C11H9ClN2NaO2. The van der Waals surface area contributed by atoms with Gasteiger partial charge in [0, 0.05) is 42.7 Å². The summed E-state index contributed by atoms with van der Waals surface area (Å²) in [7, 11) is 0. The third kappa shape index (κ3) is 3.57. The van der Waals surface area contributed by atoms with Crippen molar-refractivity contribution in [2.24, 2.45) is 0 Å². The van der Waals surface area contributed by atoms with Crippen molar-refractivity contribution in [2.75, 3.05) is 0 Å². The summed E-state index contributed by atoms with van der Waals surface area (Å²) >= 11 is 5.78. The van der Waals surface area contributed by atoms with E-state index in [2.05, 4.69) is 5.10 Å². The Hall–Kier alpha value is -0.810. The van der Waals surface area contributed by atoms with E-state index in [1.165, 1.54) is 13.1 Å². The van der Waals surface area contributed by atoms with Crippen LogP contribution in [0.15, 0.2) is 36.7 Å². The topological polar surface area (TPSA) is 44.1 Å². The van der Waals surface area contributed by atoms with Gasteiger partial charge in [-0.05, 0) is 12.1 Å². The quantitative estimate of drug-likeness (QED) is 0.471. The fourth-order valence-corrected chi connectivity index (χ4v) is 1.46. The van der Waals surface area contributed by atoms with Crippen molar-refractivity contribution in [3.8, 4) is 11.4 Å². The van der Waals surface area contributed by atoms with Crippen LogP contribution in [-0.2, 0) is 4.79 Å². The molecule has 0 atom stereocenters. The number of ether oxygens (including phenoxy) is 1. The molecule has 0 saturated heterocycles. The molecule has 1 aromatic heterocycles. The zero-order chi connectivity index (χ0) is 11.5. The molecule has 2 aromatic rings. The van der Waals surface area contributed by atoms with Crippen molar-refractivity contribution in [3.63, 3.8) is 0 Å². The molecule has 0 unspecified atom stereocenters. The molecule has 2 rings (SSSR count). The number of esters is 1. The minimum Gasteiger partial charge on any atom is -0.424 e. The Morgan fingerprint density at radius 2 is 2.12 bits per heavy atom. The molecule has 0 fully saturated rings. The Labute approximate surface area is 126 Å². The van der Waals surface area contributed by atoms with E-state index in [1.54, 1.807) is 29.1 Å². The summed E-state index contributed by atoms with van der Waals surface area (Å²) in [5.74, 6) is 0.0838. The van der Waals surface area contributed by atoms with Gasteiger partial charge in [0.25, 0.3) is 0 Å². The molecule has 0 bridgehead atoms. The molecule has 4 nitrogen and oxygen atoms in total. The smallest absolute Gasteiger partial charge is 0.308 e. The molecule has 0 spiro atoms. The van der Waals surface area contributed by atoms with Gasteiger partial charge < -0.3 is 4.74 Å². The first-order chi connectivity index (χ1) is 7.66. The molecule has 1 heterocycles. The Balaban J connectivity index is 0.00000144. The van der Waals surface area contributed by atoms with E-state index in [1.807, 2.05) is 6.07 Å². The van der Waals surface area contributed by atoms with E-state index >= 15 is 0 Å². The average molecular weight is 260 g/mol. The van der Waals surface area contributed by atoms with Crippen molar-refractivity contribution >= 4 is 47.1 Å². The Morgan fingerprint density at radius 1 is 1.41 bits per heavy atom. The van der Waals surface area contributed by atoms with Gasteiger partial charge in [-0.15, -0.1) is 0 Å². The zero-order valence-electron chi connectivity index (χ0n) is 9.55. The second-order valence-corrected chi connectivity index (χ2v) is 3.60. The van der Waals surface area contributed by atoms with Crippen LogP contribution in [0.3, 0.4) is 0 Å². The summed E-state index contributed by atoms with van der Waals surface area (Å²) in [6, 6.07) is 7.11. The van der Waals surface area contributed by atoms with E-state index < -0.39 is 0 Å². The first-order valence-electron chi connectivity index (χ1n) is 4.65. The number of halogens is 1. The predicted octanol–water partition coefficient (Wildman–Crippen LogP) is 2.07. The second kappa shape index (κ2) is 6.21. The summed E-state index contributed by atoms with van der Waals surface area (Å²) in [5, 5.41) is 4.57. The van der Waals surface area contributed by atoms with E-state index in [0.717, 1.165) is 0 Å². The summed E-state index contributed by atoms with van der Waals surface area (Å²) in [6.07, 6.45) is 3.16. The molecule has 6 heteroatoms. The predicted molar refractivity (Wildman–Crippen MR) is 65.6 cm³/mol. The van der Waals surface area contributed by atoms with E-state index in [-0.39, 0.29) is 35.5 Å². The molecule has 0 aliphatic heterocycles. The number of carbonyl (C=O) groups is 1. The molecule has 0 saturated carbocycles. The standard InChI is InChI=1S/C11H9ClN2O2.Na/c1-8(15)16-11-5-3-2-4-10(11)14-7-9(12)6-13-14;/h2-7H,1H3;. The van der Waals surface area contributed by atoms with Crippen molar-refractivity contribution in [2.45, 2.75) is 6.92 Å². The van der Waals surface area contributed by atoms with Crippen LogP contribution in [-0.4, -0.2) is 45.3 Å². The van der Waals surface area contributed by atoms with Gasteiger partial charge in [0.15, 0.2) is 5.75 Å². The number of nitrogens with zero attached hydrogens (tertiary/aromatic N) is 2. The van der Waals surface area contributed by atoms with E-state index in [0.29, 0.717) is 16.5 Å². The van der Waals surface area contributed by atoms with Crippen molar-refractivity contribution in [1.29, 1.82) is 0 Å². The fraction of sp³-hybridized carbons (Fsp3) is 0.0909. The maximum Gasteiger partial charge on any atom is 0.308 e. The van der Waals surface area contributed by atoms with Gasteiger partial charge in [0.2, 0.25) is 0 Å². The van der Waals surface area contributed by atoms with Crippen molar-refractivity contribution in [1.82, 2.24) is 9.78 Å². The monoisotopic (exact) mass is 259 g/mol. The SMILES string of the molecule is CC(=O)Oc1ccccc1-n1cc(Cl)cn1.[Na]. The first kappa shape index (κ1) is 14.3. The van der Waals surface area contributed by atoms with Gasteiger partial charge in [0.1, 0.15) is 5.69 Å². The molecule has 0 N–H and O–H groups in total. The number of para-hydroxylation sites is 2. The summed E-state index contributed by atoms with van der Waals surface area (Å²) < 4.78 is 6.62. The molecule has 1 radical (unpaired) electrons. The molecule has 17 heavy (non-hydrogen) atoms. The number of hydrogen-bond donors (Lipinski definition) is 0. The number of aromatic nitrogens is 2. The largest absolute Gasteiger partial charge is 0.424 e. The molecule has 83 valence electrons. The van der Waals surface area contributed by atoms with Crippen LogP contribution in [0.4, 0.5) is 0 Å². The van der Waals surface area contributed by atoms with Gasteiger partial charge in [0.05, 0.1) is 11.2 Å². The summed E-state index contributed by atoms with van der Waals surface area (Å²) in [5.41, 5.74) is 0.671. The Morgan fingerprint density at radius 3 is 2.71 bits per heavy atom. The molecule has 0 aliphatic carbocycles. The molecule has 0 aliphatic rings. The van der Waals surface area contributed by atoms with Gasteiger partial charge in [-0.3, -0.25) is 4.79 Å². The Bertz CT molecular complexity index is 528. The van der Waals surface area contributed by atoms with Gasteiger partial charge in [-0.2, -0.15) is 5.10 Å². The van der Waals surface area contributed by atoms with Crippen LogP contribution in [0.1, 0.15) is 6.92 Å². The summed E-state index contributed by atoms with van der Waals surface area (Å²) in [4.78, 5) is 10.9. The molecule has 1 aromatic carbocycles. The van der Waals surface area contributed by atoms with Crippen LogP contribution in [0, 0.1) is 0 Å². The maximum atomic E-state index is 10.9. The van der Waals surface area contributed by atoms with Crippen LogP contribution < -0.4 is 4.74 Å². The third-order valence-corrected chi connectivity index (χ3v) is 2.11. The average Bonchev–Trinajstić information content (AvgIpc) is 2.65. The van der Waals surface area contributed by atoms with Crippen molar-refractivity contribution < 1.29 is 9.53 Å². The minimum atomic E-state index is -0.370.